The number of hydrogen-bond donors (Lipinski definition) is 1. The molecule has 0 unspecified atom stereocenters. The molecule has 0 bridgehead atoms. The smallest absolute Gasteiger partial charge is 0.264 e. The highest BCUT2D eigenvalue weighted by molar-refractivity contribution is 7.92. The van der Waals surface area contributed by atoms with Crippen molar-refractivity contribution >= 4 is 50.7 Å². The normalized spacial score (nSPS) is 12.9. The summed E-state index contributed by atoms with van der Waals surface area (Å²) in [5, 5.41) is 3.55. The Hall–Kier alpha value is -3.07. The third-order valence-electron chi connectivity index (χ3n) is 6.14. The molecule has 0 fully saturated rings. The predicted molar refractivity (Wildman–Crippen MR) is 152 cm³/mol. The first-order chi connectivity index (χ1) is 18.0. The van der Waals surface area contributed by atoms with Crippen molar-refractivity contribution in [3.05, 3.63) is 94.5 Å². The summed E-state index contributed by atoms with van der Waals surface area (Å²) < 4.78 is 28.5. The highest BCUT2D eigenvalue weighted by Crippen LogP contribution is 2.30. The fourth-order valence-corrected chi connectivity index (χ4v) is 5.72. The molecule has 0 radical (unpaired) electrons. The van der Waals surface area contributed by atoms with Crippen LogP contribution in [0, 0.1) is 0 Å². The molecule has 2 atom stereocenters. The van der Waals surface area contributed by atoms with Gasteiger partial charge in [0.25, 0.3) is 10.0 Å². The van der Waals surface area contributed by atoms with Gasteiger partial charge in [0.1, 0.15) is 12.6 Å². The summed E-state index contributed by atoms with van der Waals surface area (Å²) in [4.78, 5) is 28.3. The summed E-state index contributed by atoms with van der Waals surface area (Å²) >= 11 is 12.6. The van der Waals surface area contributed by atoms with Crippen LogP contribution in [0.25, 0.3) is 0 Å². The van der Waals surface area contributed by atoms with Crippen LogP contribution in [-0.2, 0) is 26.2 Å². The van der Waals surface area contributed by atoms with Crippen molar-refractivity contribution in [3.8, 4) is 0 Å². The Morgan fingerprint density at radius 3 is 2.21 bits per heavy atom. The van der Waals surface area contributed by atoms with Crippen LogP contribution in [0.2, 0.25) is 10.0 Å². The molecule has 0 aliphatic carbocycles. The number of carbonyl (C=O) groups excluding carboxylic acids is 2. The molecule has 0 saturated heterocycles. The molecule has 3 aromatic rings. The maximum Gasteiger partial charge on any atom is 0.264 e. The van der Waals surface area contributed by atoms with Gasteiger partial charge in [-0.3, -0.25) is 13.9 Å². The average Bonchev–Trinajstić information content (AvgIpc) is 2.90. The SMILES string of the molecule is CC[C@H](C)NC(=O)[C@@H](C)N(Cc1cccc(Cl)c1)C(=O)CN(c1ccccc1Cl)S(=O)(=O)c1ccccc1. The number of anilines is 1. The maximum absolute atomic E-state index is 13.9. The van der Waals surface area contributed by atoms with Gasteiger partial charge < -0.3 is 10.2 Å². The molecule has 1 N–H and O–H groups in total. The van der Waals surface area contributed by atoms with Gasteiger partial charge in [-0.1, -0.05) is 72.6 Å². The molecule has 0 spiro atoms. The topological polar surface area (TPSA) is 86.8 Å². The molecule has 3 rings (SSSR count). The van der Waals surface area contributed by atoms with E-state index < -0.39 is 28.5 Å². The van der Waals surface area contributed by atoms with Gasteiger partial charge >= 0.3 is 0 Å². The van der Waals surface area contributed by atoms with Gasteiger partial charge in [0.05, 0.1) is 15.6 Å². The molecule has 2 amide bonds. The standard InChI is InChI=1S/C28H31Cl2N3O4S/c1-4-20(2)31-28(35)21(3)32(18-22-11-10-12-23(29)17-22)27(34)19-33(26-16-9-8-15-25(26)30)38(36,37)24-13-6-5-7-14-24/h5-17,20-21H,4,18-19H2,1-3H3,(H,31,35)/t20-,21+/m0/s1. The number of benzene rings is 3. The lowest BCUT2D eigenvalue weighted by Crippen LogP contribution is -2.52. The third kappa shape index (κ3) is 7.28. The summed E-state index contributed by atoms with van der Waals surface area (Å²) in [6.45, 7) is 4.92. The second-order valence-electron chi connectivity index (χ2n) is 8.92. The highest BCUT2D eigenvalue weighted by Gasteiger charge is 2.33. The second-order valence-corrected chi connectivity index (χ2v) is 11.6. The molecular weight excluding hydrogens is 545 g/mol. The molecule has 38 heavy (non-hydrogen) atoms. The van der Waals surface area contributed by atoms with Crippen LogP contribution < -0.4 is 9.62 Å². The Balaban J connectivity index is 2.03. The zero-order chi connectivity index (χ0) is 27.9. The van der Waals surface area contributed by atoms with Crippen molar-refractivity contribution in [1.29, 1.82) is 0 Å². The molecule has 10 heteroatoms. The largest absolute Gasteiger partial charge is 0.352 e. The van der Waals surface area contributed by atoms with Crippen LogP contribution in [0.15, 0.2) is 83.8 Å². The van der Waals surface area contributed by atoms with E-state index in [-0.39, 0.29) is 34.1 Å². The number of sulfonamides is 1. The van der Waals surface area contributed by atoms with Gasteiger partial charge in [-0.15, -0.1) is 0 Å². The van der Waals surface area contributed by atoms with Crippen molar-refractivity contribution in [2.75, 3.05) is 10.8 Å². The molecular formula is C28H31Cl2N3O4S. The molecule has 7 nitrogen and oxygen atoms in total. The Morgan fingerprint density at radius 1 is 0.921 bits per heavy atom. The van der Waals surface area contributed by atoms with E-state index in [2.05, 4.69) is 5.32 Å². The van der Waals surface area contributed by atoms with Gasteiger partial charge in [-0.2, -0.15) is 0 Å². The summed E-state index contributed by atoms with van der Waals surface area (Å²) in [5.74, 6) is -0.916. The number of hydrogen-bond acceptors (Lipinski definition) is 4. The number of carbonyl (C=O) groups is 2. The van der Waals surface area contributed by atoms with E-state index in [1.165, 1.54) is 23.1 Å². The van der Waals surface area contributed by atoms with Crippen LogP contribution in [0.3, 0.4) is 0 Å². The van der Waals surface area contributed by atoms with E-state index in [1.807, 2.05) is 13.8 Å². The number of nitrogens with one attached hydrogen (secondary N) is 1. The fourth-order valence-electron chi connectivity index (χ4n) is 3.77. The Kier molecular flexibility index (Phi) is 10.2. The average molecular weight is 577 g/mol. The predicted octanol–water partition coefficient (Wildman–Crippen LogP) is 5.52. The van der Waals surface area contributed by atoms with Crippen LogP contribution in [0.4, 0.5) is 5.69 Å². The maximum atomic E-state index is 13.9. The van der Waals surface area contributed by atoms with Gasteiger partial charge in [0, 0.05) is 17.6 Å². The Labute approximate surface area is 234 Å². The molecule has 202 valence electrons. The minimum Gasteiger partial charge on any atom is -0.352 e. The first-order valence-corrected chi connectivity index (χ1v) is 14.4. The summed E-state index contributed by atoms with van der Waals surface area (Å²) in [6, 6.07) is 20.2. The zero-order valence-corrected chi connectivity index (χ0v) is 23.8. The van der Waals surface area contributed by atoms with Crippen molar-refractivity contribution in [2.45, 2.75) is 50.7 Å². The van der Waals surface area contributed by atoms with Crippen molar-refractivity contribution in [2.24, 2.45) is 0 Å². The minimum absolute atomic E-state index is 0.0108. The first kappa shape index (κ1) is 29.5. The van der Waals surface area contributed by atoms with Gasteiger partial charge in [-0.05, 0) is 62.2 Å². The second kappa shape index (κ2) is 13.1. The molecule has 0 aromatic heterocycles. The number of halogens is 2. The number of rotatable bonds is 11. The Morgan fingerprint density at radius 2 is 1.58 bits per heavy atom. The van der Waals surface area contributed by atoms with Crippen molar-refractivity contribution < 1.29 is 18.0 Å². The van der Waals surface area contributed by atoms with E-state index in [4.69, 9.17) is 23.2 Å². The Bertz CT molecular complexity index is 1370. The van der Waals surface area contributed by atoms with E-state index in [0.717, 1.165) is 10.7 Å². The zero-order valence-electron chi connectivity index (χ0n) is 21.5. The van der Waals surface area contributed by atoms with Crippen molar-refractivity contribution in [1.82, 2.24) is 10.2 Å². The molecule has 0 heterocycles. The lowest BCUT2D eigenvalue weighted by Gasteiger charge is -2.32. The van der Waals surface area contributed by atoms with Crippen molar-refractivity contribution in [3.63, 3.8) is 0 Å². The monoisotopic (exact) mass is 575 g/mol. The molecule has 0 saturated carbocycles. The minimum atomic E-state index is -4.17. The summed E-state index contributed by atoms with van der Waals surface area (Å²) in [6.07, 6.45) is 0.719. The highest BCUT2D eigenvalue weighted by atomic mass is 35.5. The summed E-state index contributed by atoms with van der Waals surface area (Å²) in [7, 11) is -4.17. The van der Waals surface area contributed by atoms with E-state index in [0.29, 0.717) is 10.6 Å². The number of nitrogens with zero attached hydrogens (tertiary/aromatic N) is 2. The van der Waals surface area contributed by atoms with Crippen LogP contribution in [-0.4, -0.2) is 43.8 Å². The molecule has 3 aromatic carbocycles. The van der Waals surface area contributed by atoms with Crippen LogP contribution in [0.1, 0.15) is 32.8 Å². The third-order valence-corrected chi connectivity index (χ3v) is 8.47. The number of para-hydroxylation sites is 1. The molecule has 0 aliphatic rings. The van der Waals surface area contributed by atoms with E-state index >= 15 is 0 Å². The van der Waals surface area contributed by atoms with E-state index in [9.17, 15) is 18.0 Å². The quantitative estimate of drug-likeness (QED) is 0.326. The lowest BCUT2D eigenvalue weighted by molar-refractivity contribution is -0.139. The van der Waals surface area contributed by atoms with Gasteiger partial charge in [0.15, 0.2) is 0 Å². The lowest BCUT2D eigenvalue weighted by atomic mass is 10.1. The van der Waals surface area contributed by atoms with Crippen LogP contribution >= 0.6 is 23.2 Å². The molecule has 0 aliphatic heterocycles. The fraction of sp³-hybridized carbons (Fsp3) is 0.286. The van der Waals surface area contributed by atoms with E-state index in [1.54, 1.807) is 67.6 Å². The van der Waals surface area contributed by atoms with Crippen LogP contribution in [0.5, 0.6) is 0 Å². The summed E-state index contributed by atoms with van der Waals surface area (Å²) in [5.41, 5.74) is 0.857. The van der Waals surface area contributed by atoms with Gasteiger partial charge in [-0.25, -0.2) is 8.42 Å². The number of amides is 2. The van der Waals surface area contributed by atoms with Gasteiger partial charge in [0.2, 0.25) is 11.8 Å². The first-order valence-electron chi connectivity index (χ1n) is 12.2.